The van der Waals surface area contributed by atoms with E-state index in [1.165, 1.54) is 83.5 Å². The highest BCUT2D eigenvalue weighted by Crippen LogP contribution is 2.13. The van der Waals surface area contributed by atoms with E-state index in [9.17, 15) is 0 Å². The molecule has 0 unspecified atom stereocenters. The Balaban J connectivity index is 3.00. The highest BCUT2D eigenvalue weighted by molar-refractivity contribution is 4.49. The lowest BCUT2D eigenvalue weighted by atomic mass is 10.0. The number of rotatable bonds is 17. The molecule has 0 aliphatic carbocycles. The molecule has 0 fully saturated rings. The van der Waals surface area contributed by atoms with Gasteiger partial charge in [-0.2, -0.15) is 0 Å². The fourth-order valence-electron chi connectivity index (χ4n) is 2.87. The molecule has 0 aromatic heterocycles. The van der Waals surface area contributed by atoms with Gasteiger partial charge in [0.15, 0.2) is 6.54 Å². The van der Waals surface area contributed by atoms with E-state index in [0.717, 1.165) is 12.8 Å². The smallest absolute Gasteiger partial charge is 0.146 e. The Morgan fingerprint density at radius 1 is 0.455 bits per heavy atom. The largest absolute Gasteiger partial charge is 0.177 e. The van der Waals surface area contributed by atoms with Gasteiger partial charge in [-0.1, -0.05) is 96.8 Å². The molecule has 4 heteroatoms. The molecular weight excluding hydrogens is 278 g/mol. The van der Waals surface area contributed by atoms with E-state index in [2.05, 4.69) is 6.92 Å². The second-order valence-electron chi connectivity index (χ2n) is 6.72. The molecule has 134 valence electrons. The minimum atomic E-state index is -1.88. The van der Waals surface area contributed by atoms with Gasteiger partial charge in [-0.25, -0.2) is 0 Å². The molecule has 0 heterocycles. The van der Waals surface area contributed by atoms with Crippen LogP contribution in [-0.2, 0) is 0 Å². The van der Waals surface area contributed by atoms with Gasteiger partial charge in [-0.3, -0.25) is 0 Å². The van der Waals surface area contributed by atoms with Gasteiger partial charge in [0.1, 0.15) is 0 Å². The Morgan fingerprint density at radius 2 is 0.727 bits per heavy atom. The summed E-state index contributed by atoms with van der Waals surface area (Å²) in [7, 11) is 0. The number of quaternary nitrogens is 1. The molecule has 0 aromatic rings. The van der Waals surface area contributed by atoms with Gasteiger partial charge in [0, 0.05) is 6.42 Å². The minimum Gasteiger partial charge on any atom is -0.146 e. The summed E-state index contributed by atoms with van der Waals surface area (Å²) in [5.74, 6) is 0. The van der Waals surface area contributed by atoms with E-state index >= 15 is 0 Å². The minimum absolute atomic E-state index is 0.00154. The monoisotopic (exact) mass is 318 g/mol. The van der Waals surface area contributed by atoms with Gasteiger partial charge in [0.2, 0.25) is 0 Å². The molecule has 0 saturated carbocycles. The molecule has 3 N–H and O–H groups in total. The van der Waals surface area contributed by atoms with Crippen molar-refractivity contribution in [2.24, 2.45) is 0 Å². The second kappa shape index (κ2) is 15.7. The molecule has 0 radical (unpaired) electrons. The number of hydroxylamine groups is 3. The Labute approximate surface area is 137 Å². The number of hydrogen-bond acceptors (Lipinski definition) is 3. The Morgan fingerprint density at radius 3 is 1.00 bits per heavy atom. The van der Waals surface area contributed by atoms with Crippen LogP contribution in [-0.4, -0.2) is 27.1 Å². The third-order valence-corrected chi connectivity index (χ3v) is 4.31. The van der Waals surface area contributed by atoms with E-state index < -0.39 is 4.97 Å². The number of nitrogens with zero attached hydrogens (tertiary/aromatic N) is 1. The fraction of sp³-hybridized carbons (Fsp3) is 1.00. The van der Waals surface area contributed by atoms with Crippen molar-refractivity contribution in [2.75, 3.05) is 6.54 Å². The predicted molar refractivity (Wildman–Crippen MR) is 90.0 cm³/mol. The maximum absolute atomic E-state index is 8.68. The molecule has 0 aliphatic rings. The van der Waals surface area contributed by atoms with Crippen molar-refractivity contribution in [2.45, 2.75) is 110 Å². The van der Waals surface area contributed by atoms with Crippen LogP contribution in [0.5, 0.6) is 0 Å². The summed E-state index contributed by atoms with van der Waals surface area (Å²) in [5.41, 5.74) is 0. The van der Waals surface area contributed by atoms with Gasteiger partial charge >= 0.3 is 0 Å². The van der Waals surface area contributed by atoms with Crippen LogP contribution < -0.4 is 0 Å². The van der Waals surface area contributed by atoms with Crippen molar-refractivity contribution in [3.8, 4) is 0 Å². The van der Waals surface area contributed by atoms with Crippen molar-refractivity contribution >= 4 is 0 Å². The first-order valence-corrected chi connectivity index (χ1v) is 9.62. The average Bonchev–Trinajstić information content (AvgIpc) is 2.45. The SMILES string of the molecule is CCCCCCCCCCCCCCCCCC[N+](O)(O)O. The van der Waals surface area contributed by atoms with E-state index in [4.69, 9.17) is 15.6 Å². The quantitative estimate of drug-likeness (QED) is 0.169. The first kappa shape index (κ1) is 21.8. The van der Waals surface area contributed by atoms with Gasteiger partial charge in [-0.05, 0) is 6.42 Å². The molecule has 0 amide bonds. The summed E-state index contributed by atoms with van der Waals surface area (Å²) in [6, 6.07) is 0. The maximum atomic E-state index is 8.68. The van der Waals surface area contributed by atoms with Crippen LogP contribution >= 0.6 is 0 Å². The normalized spacial score (nSPS) is 12.0. The topological polar surface area (TPSA) is 60.7 Å². The summed E-state index contributed by atoms with van der Waals surface area (Å²) in [4.78, 5) is -1.88. The van der Waals surface area contributed by atoms with Gasteiger partial charge in [0.25, 0.3) is 0 Å². The number of hydrogen-bond donors (Lipinski definition) is 3. The van der Waals surface area contributed by atoms with E-state index in [0.29, 0.717) is 6.42 Å². The van der Waals surface area contributed by atoms with Crippen LogP contribution in [0.4, 0.5) is 0 Å². The zero-order chi connectivity index (χ0) is 16.5. The third kappa shape index (κ3) is 19.8. The highest BCUT2D eigenvalue weighted by Gasteiger charge is 2.16. The summed E-state index contributed by atoms with van der Waals surface area (Å²) >= 11 is 0. The maximum Gasteiger partial charge on any atom is 0.177 e. The Hall–Kier alpha value is -0.160. The molecule has 0 aliphatic heterocycles. The second-order valence-corrected chi connectivity index (χ2v) is 6.72. The molecule has 22 heavy (non-hydrogen) atoms. The van der Waals surface area contributed by atoms with Crippen molar-refractivity contribution in [3.63, 3.8) is 0 Å². The molecule has 0 atom stereocenters. The molecular formula is C18H40NO3+. The highest BCUT2D eigenvalue weighted by atomic mass is 17.1. The zero-order valence-electron chi connectivity index (χ0n) is 14.8. The van der Waals surface area contributed by atoms with Crippen molar-refractivity contribution in [1.29, 1.82) is 0 Å². The number of unbranched alkanes of at least 4 members (excludes halogenated alkanes) is 15. The van der Waals surface area contributed by atoms with Crippen molar-refractivity contribution in [3.05, 3.63) is 0 Å². The first-order chi connectivity index (χ1) is 10.6. The van der Waals surface area contributed by atoms with E-state index in [-0.39, 0.29) is 6.54 Å². The van der Waals surface area contributed by atoms with Crippen LogP contribution in [0.3, 0.4) is 0 Å². The Bertz CT molecular complexity index is 217. The van der Waals surface area contributed by atoms with E-state index in [1.807, 2.05) is 0 Å². The van der Waals surface area contributed by atoms with Crippen molar-refractivity contribution < 1.29 is 20.6 Å². The fourth-order valence-corrected chi connectivity index (χ4v) is 2.87. The summed E-state index contributed by atoms with van der Waals surface area (Å²) in [5, 5.41) is 26.0. The van der Waals surface area contributed by atoms with E-state index in [1.54, 1.807) is 0 Å². The summed E-state index contributed by atoms with van der Waals surface area (Å²) < 4.78 is 0. The lowest BCUT2D eigenvalue weighted by Gasteiger charge is -2.10. The van der Waals surface area contributed by atoms with Gasteiger partial charge < -0.3 is 0 Å². The summed E-state index contributed by atoms with van der Waals surface area (Å²) in [6.45, 7) is 2.27. The van der Waals surface area contributed by atoms with Crippen LogP contribution in [0, 0.1) is 0 Å². The molecule has 4 nitrogen and oxygen atoms in total. The average molecular weight is 319 g/mol. The first-order valence-electron chi connectivity index (χ1n) is 9.62. The molecule has 0 saturated heterocycles. The van der Waals surface area contributed by atoms with Crippen LogP contribution in [0.25, 0.3) is 0 Å². The molecule has 0 spiro atoms. The Kier molecular flexibility index (Phi) is 15.6. The zero-order valence-corrected chi connectivity index (χ0v) is 14.8. The van der Waals surface area contributed by atoms with Crippen molar-refractivity contribution in [1.82, 2.24) is 0 Å². The molecule has 0 rings (SSSR count). The van der Waals surface area contributed by atoms with Gasteiger partial charge in [-0.15, -0.1) is 15.6 Å². The molecule has 0 aromatic carbocycles. The lowest BCUT2D eigenvalue weighted by molar-refractivity contribution is -1.37. The van der Waals surface area contributed by atoms with Crippen LogP contribution in [0.15, 0.2) is 0 Å². The van der Waals surface area contributed by atoms with Crippen LogP contribution in [0.2, 0.25) is 0 Å². The predicted octanol–water partition coefficient (Wildman–Crippen LogP) is 6.23. The third-order valence-electron chi connectivity index (χ3n) is 4.31. The lowest BCUT2D eigenvalue weighted by Crippen LogP contribution is -2.37. The van der Waals surface area contributed by atoms with Gasteiger partial charge in [0.05, 0.1) is 4.97 Å². The standard InChI is InChI=1S/C18H40NO3/c1-2-3-4-5-6-7-8-9-10-11-12-13-14-15-16-17-18-19(20,21)22/h20-22H,2-18H2,1H3/q+1. The summed E-state index contributed by atoms with van der Waals surface area (Å²) in [6.07, 6.45) is 20.6. The van der Waals surface area contributed by atoms with Crippen LogP contribution in [0.1, 0.15) is 110 Å². The molecule has 0 bridgehead atoms.